The highest BCUT2D eigenvalue weighted by molar-refractivity contribution is 7.74. The molecule has 144 valence electrons. The second kappa shape index (κ2) is 9.86. The topological polar surface area (TPSA) is 83.1 Å². The van der Waals surface area contributed by atoms with E-state index < -0.39 is 20.2 Å². The van der Waals surface area contributed by atoms with E-state index in [-0.39, 0.29) is 26.4 Å². The van der Waals surface area contributed by atoms with Gasteiger partial charge in [0, 0.05) is 5.69 Å². The summed E-state index contributed by atoms with van der Waals surface area (Å²) in [5.41, 5.74) is 0.601. The Hall–Kier alpha value is -0.680. The fraction of sp³-hybridized carbons (Fsp3) is 0.625. The van der Waals surface area contributed by atoms with E-state index in [0.717, 1.165) is 0 Å². The second-order valence-electron chi connectivity index (χ2n) is 5.18. The van der Waals surface area contributed by atoms with E-state index in [0.29, 0.717) is 5.69 Å². The first-order valence-corrected chi connectivity index (χ1v) is 11.5. The van der Waals surface area contributed by atoms with Crippen LogP contribution in [0.5, 0.6) is 0 Å². The highest BCUT2D eigenvalue weighted by Gasteiger charge is 2.62. The van der Waals surface area contributed by atoms with Crippen LogP contribution in [0.1, 0.15) is 34.6 Å². The van der Waals surface area contributed by atoms with Gasteiger partial charge >= 0.3 is 15.2 Å². The van der Waals surface area contributed by atoms with Gasteiger partial charge in [-0.2, -0.15) is 0 Å². The van der Waals surface area contributed by atoms with Crippen molar-refractivity contribution in [2.75, 3.05) is 31.7 Å². The van der Waals surface area contributed by atoms with E-state index in [2.05, 4.69) is 5.32 Å². The summed E-state index contributed by atoms with van der Waals surface area (Å²) in [5, 5.41) is 1.34. The van der Waals surface area contributed by atoms with Crippen molar-refractivity contribution in [3.8, 4) is 0 Å². The number of rotatable bonds is 12. The zero-order valence-electron chi connectivity index (χ0n) is 15.6. The van der Waals surface area contributed by atoms with Crippen LogP contribution in [-0.2, 0) is 27.2 Å². The summed E-state index contributed by atoms with van der Waals surface area (Å²) in [6.45, 7) is 8.79. The van der Waals surface area contributed by atoms with Gasteiger partial charge in [0.25, 0.3) is 0 Å². The van der Waals surface area contributed by atoms with Crippen LogP contribution in [0.2, 0.25) is 0 Å². The van der Waals surface area contributed by atoms with Crippen molar-refractivity contribution in [1.29, 1.82) is 0 Å². The molecule has 7 nitrogen and oxygen atoms in total. The first kappa shape index (κ1) is 22.4. The summed E-state index contributed by atoms with van der Waals surface area (Å²) >= 11 is 0. The molecule has 0 aliphatic rings. The number of hydrogen-bond donors (Lipinski definition) is 1. The van der Waals surface area contributed by atoms with Crippen LogP contribution in [0, 0.1) is 0 Å². The van der Waals surface area contributed by atoms with Crippen LogP contribution < -0.4 is 5.32 Å². The molecule has 1 N–H and O–H groups in total. The minimum atomic E-state index is -3.91. The number of anilines is 1. The van der Waals surface area contributed by atoms with Gasteiger partial charge < -0.3 is 23.4 Å². The maximum atomic E-state index is 13.6. The molecule has 25 heavy (non-hydrogen) atoms. The third kappa shape index (κ3) is 4.94. The van der Waals surface area contributed by atoms with Gasteiger partial charge in [-0.05, 0) is 46.8 Å². The number of para-hydroxylation sites is 1. The van der Waals surface area contributed by atoms with Gasteiger partial charge in [-0.25, -0.2) is 0 Å². The Morgan fingerprint density at radius 3 is 1.48 bits per heavy atom. The molecular weight excluding hydrogens is 364 g/mol. The molecule has 0 atom stereocenters. The molecule has 0 saturated carbocycles. The van der Waals surface area contributed by atoms with Crippen LogP contribution >= 0.6 is 15.2 Å². The molecule has 1 aromatic rings. The van der Waals surface area contributed by atoms with E-state index in [1.165, 1.54) is 6.92 Å². The number of nitrogens with one attached hydrogen (secondary N) is 1. The van der Waals surface area contributed by atoms with Crippen LogP contribution in [-0.4, -0.2) is 31.4 Å². The summed E-state index contributed by atoms with van der Waals surface area (Å²) in [6.07, 6.45) is 0. The van der Waals surface area contributed by atoms with Gasteiger partial charge in [0.15, 0.2) is 0 Å². The van der Waals surface area contributed by atoms with Crippen molar-refractivity contribution in [1.82, 2.24) is 0 Å². The first-order valence-electron chi connectivity index (χ1n) is 8.44. The zero-order valence-corrected chi connectivity index (χ0v) is 17.3. The van der Waals surface area contributed by atoms with Gasteiger partial charge in [0.1, 0.15) is 0 Å². The summed E-state index contributed by atoms with van der Waals surface area (Å²) in [7, 11) is -7.82. The lowest BCUT2D eigenvalue weighted by atomic mass is 10.3. The third-order valence-corrected chi connectivity index (χ3v) is 9.64. The Morgan fingerprint density at radius 1 is 0.800 bits per heavy atom. The fourth-order valence-corrected chi connectivity index (χ4v) is 7.28. The van der Waals surface area contributed by atoms with E-state index in [9.17, 15) is 9.13 Å². The number of hydrogen-bond acceptors (Lipinski definition) is 7. The molecule has 0 aliphatic heterocycles. The zero-order chi connectivity index (χ0) is 19.0. The average molecular weight is 393 g/mol. The normalized spacial score (nSPS) is 13.0. The Labute approximate surface area is 150 Å². The highest BCUT2D eigenvalue weighted by atomic mass is 31.2. The van der Waals surface area contributed by atoms with Crippen molar-refractivity contribution in [3.63, 3.8) is 0 Å². The maximum Gasteiger partial charge on any atom is 0.368 e. The number of benzene rings is 1. The van der Waals surface area contributed by atoms with Crippen LogP contribution in [0.4, 0.5) is 5.69 Å². The lowest BCUT2D eigenvalue weighted by Crippen LogP contribution is -2.38. The lowest BCUT2D eigenvalue weighted by molar-refractivity contribution is 0.184. The summed E-state index contributed by atoms with van der Waals surface area (Å²) in [5.74, 6) is 0. The Balaban J connectivity index is 3.52. The molecule has 1 rings (SSSR count). The van der Waals surface area contributed by atoms with Crippen molar-refractivity contribution >= 4 is 20.9 Å². The van der Waals surface area contributed by atoms with Crippen molar-refractivity contribution < 1.29 is 27.2 Å². The van der Waals surface area contributed by atoms with Gasteiger partial charge in [-0.15, -0.1) is 0 Å². The van der Waals surface area contributed by atoms with Gasteiger partial charge in [-0.3, -0.25) is 9.13 Å². The largest absolute Gasteiger partial charge is 0.368 e. The Kier molecular flexibility index (Phi) is 8.82. The average Bonchev–Trinajstić information content (AvgIpc) is 2.56. The molecule has 0 aliphatic carbocycles. The Bertz CT molecular complexity index is 560. The van der Waals surface area contributed by atoms with Gasteiger partial charge in [0.2, 0.25) is 5.02 Å². The van der Waals surface area contributed by atoms with Gasteiger partial charge in [-0.1, -0.05) is 18.2 Å². The quantitative estimate of drug-likeness (QED) is 0.482. The molecular formula is C16H29NO6P2. The summed E-state index contributed by atoms with van der Waals surface area (Å²) in [6, 6.07) is 8.99. The van der Waals surface area contributed by atoms with Crippen molar-refractivity contribution in [2.45, 2.75) is 39.6 Å². The molecule has 1 aromatic carbocycles. The van der Waals surface area contributed by atoms with Crippen molar-refractivity contribution in [3.05, 3.63) is 30.3 Å². The van der Waals surface area contributed by atoms with E-state index in [1.54, 1.807) is 52.0 Å². The molecule has 0 spiro atoms. The second-order valence-corrected chi connectivity index (χ2v) is 10.3. The minimum absolute atomic E-state index is 0.127. The van der Waals surface area contributed by atoms with E-state index in [1.807, 2.05) is 6.07 Å². The minimum Gasteiger partial charge on any atom is -0.359 e. The summed E-state index contributed by atoms with van der Waals surface area (Å²) in [4.78, 5) is 0. The molecule has 0 heterocycles. The monoisotopic (exact) mass is 393 g/mol. The van der Waals surface area contributed by atoms with E-state index >= 15 is 0 Å². The standard InChI is InChI=1S/C16H29NO6P2/c1-6-20-24(18,21-7-2)16(5,17-15-13-11-10-12-14-15)25(19,22-8-3)23-9-4/h10-14,17H,6-9H2,1-5H3. The smallest absolute Gasteiger partial charge is 0.359 e. The van der Waals surface area contributed by atoms with Crippen LogP contribution in [0.3, 0.4) is 0 Å². The predicted molar refractivity (Wildman–Crippen MR) is 100 cm³/mol. The molecule has 0 radical (unpaired) electrons. The maximum absolute atomic E-state index is 13.6. The molecule has 0 aromatic heterocycles. The molecule has 0 unspecified atom stereocenters. The third-order valence-electron chi connectivity index (χ3n) is 3.42. The molecule has 0 fully saturated rings. The fourth-order valence-electron chi connectivity index (χ4n) is 2.34. The van der Waals surface area contributed by atoms with Crippen molar-refractivity contribution in [2.24, 2.45) is 0 Å². The highest BCUT2D eigenvalue weighted by Crippen LogP contribution is 2.77. The molecule has 0 amide bonds. The SMILES string of the molecule is CCOP(=O)(OCC)C(C)(Nc1ccccc1)P(=O)(OCC)OCC. The van der Waals surface area contributed by atoms with Gasteiger partial charge in [0.05, 0.1) is 26.4 Å². The molecule has 0 saturated heterocycles. The first-order chi connectivity index (χ1) is 11.8. The summed E-state index contributed by atoms with van der Waals surface area (Å²) < 4.78 is 49.1. The molecule has 0 bridgehead atoms. The molecule has 9 heteroatoms. The Morgan fingerprint density at radius 2 is 1.16 bits per heavy atom. The predicted octanol–water partition coefficient (Wildman–Crippen LogP) is 5.30. The lowest BCUT2D eigenvalue weighted by Gasteiger charge is -2.40. The van der Waals surface area contributed by atoms with Crippen LogP contribution in [0.15, 0.2) is 30.3 Å². The van der Waals surface area contributed by atoms with Crippen LogP contribution in [0.25, 0.3) is 0 Å². The van der Waals surface area contributed by atoms with E-state index in [4.69, 9.17) is 18.1 Å².